The molecule has 2 nitrogen and oxygen atoms in total. The Morgan fingerprint density at radius 2 is 1.75 bits per heavy atom. The maximum Gasteiger partial charge on any atom is 0.0722 e. The molecule has 0 saturated carbocycles. The van der Waals surface area contributed by atoms with Gasteiger partial charge >= 0.3 is 0 Å². The predicted octanol–water partition coefficient (Wildman–Crippen LogP) is 5.20. The highest BCUT2D eigenvalue weighted by Crippen LogP contribution is 2.14. The summed E-state index contributed by atoms with van der Waals surface area (Å²) in [6.07, 6.45) is 6.86. The zero-order valence-electron chi connectivity index (χ0n) is 15.6. The summed E-state index contributed by atoms with van der Waals surface area (Å²) < 4.78 is 5.73. The monoisotopic (exact) mass is 330 g/mol. The van der Waals surface area contributed by atoms with Crippen LogP contribution >= 0.6 is 0 Å². The quantitative estimate of drug-likeness (QED) is 0.446. The average Bonchev–Trinajstić information content (AvgIpc) is 2.61. The number of aliphatic hydroxyl groups excluding tert-OH is 1. The second kappa shape index (κ2) is 13.0. The van der Waals surface area contributed by atoms with E-state index in [4.69, 9.17) is 4.74 Å². The number of hydrogen-bond donors (Lipinski definition) is 1. The molecule has 0 heterocycles. The van der Waals surface area contributed by atoms with Gasteiger partial charge in [0, 0.05) is 18.3 Å². The van der Waals surface area contributed by atoms with Crippen LogP contribution in [0.2, 0.25) is 0 Å². The van der Waals surface area contributed by atoms with E-state index in [2.05, 4.69) is 30.9 Å². The van der Waals surface area contributed by atoms with Crippen molar-refractivity contribution in [3.63, 3.8) is 0 Å². The summed E-state index contributed by atoms with van der Waals surface area (Å²) in [5.74, 6) is 6.52. The first kappa shape index (κ1) is 20.7. The molecule has 0 aromatic heterocycles. The molecule has 1 aromatic carbocycles. The van der Waals surface area contributed by atoms with Crippen LogP contribution in [0, 0.1) is 23.7 Å². The Bertz CT molecular complexity index is 472. The van der Waals surface area contributed by atoms with Crippen LogP contribution in [0.1, 0.15) is 64.9 Å². The SMILES string of the molecule is CCCCCCCC#C[C@@H](C)[C@@H](O)[C@@H](C)COCc1ccccc1. The first-order chi connectivity index (χ1) is 11.6. The van der Waals surface area contributed by atoms with Crippen LogP contribution in [-0.4, -0.2) is 17.8 Å². The lowest BCUT2D eigenvalue weighted by Crippen LogP contribution is -2.28. The van der Waals surface area contributed by atoms with Gasteiger partial charge in [0.2, 0.25) is 0 Å². The molecule has 0 aliphatic rings. The topological polar surface area (TPSA) is 29.5 Å². The van der Waals surface area contributed by atoms with Crippen molar-refractivity contribution in [3.8, 4) is 11.8 Å². The Balaban J connectivity index is 2.20. The third kappa shape index (κ3) is 9.11. The molecule has 134 valence electrons. The van der Waals surface area contributed by atoms with Gasteiger partial charge in [0.15, 0.2) is 0 Å². The summed E-state index contributed by atoms with van der Waals surface area (Å²) >= 11 is 0. The molecule has 24 heavy (non-hydrogen) atoms. The number of hydrogen-bond acceptors (Lipinski definition) is 2. The molecule has 2 heteroatoms. The van der Waals surface area contributed by atoms with Gasteiger partial charge < -0.3 is 9.84 Å². The van der Waals surface area contributed by atoms with Crippen molar-refractivity contribution in [1.82, 2.24) is 0 Å². The lowest BCUT2D eigenvalue weighted by atomic mass is 9.94. The van der Waals surface area contributed by atoms with Gasteiger partial charge in [-0.15, -0.1) is 5.92 Å². The Morgan fingerprint density at radius 3 is 2.46 bits per heavy atom. The van der Waals surface area contributed by atoms with Gasteiger partial charge in [-0.2, -0.15) is 0 Å². The fourth-order valence-electron chi connectivity index (χ4n) is 2.66. The smallest absolute Gasteiger partial charge is 0.0722 e. The summed E-state index contributed by atoms with van der Waals surface area (Å²) in [5.41, 5.74) is 1.16. The number of ether oxygens (including phenoxy) is 1. The summed E-state index contributed by atoms with van der Waals surface area (Å²) in [7, 11) is 0. The van der Waals surface area contributed by atoms with Crippen molar-refractivity contribution < 1.29 is 9.84 Å². The van der Waals surface area contributed by atoms with Crippen molar-refractivity contribution in [2.24, 2.45) is 11.8 Å². The Hall–Kier alpha value is -1.30. The zero-order valence-corrected chi connectivity index (χ0v) is 15.6. The zero-order chi connectivity index (χ0) is 17.6. The van der Waals surface area contributed by atoms with E-state index in [1.165, 1.54) is 32.1 Å². The van der Waals surface area contributed by atoms with Crippen LogP contribution in [0.25, 0.3) is 0 Å². The third-order valence-corrected chi connectivity index (χ3v) is 4.32. The lowest BCUT2D eigenvalue weighted by Gasteiger charge is -2.21. The van der Waals surface area contributed by atoms with Crippen LogP contribution in [0.5, 0.6) is 0 Å². The molecule has 1 rings (SSSR count). The van der Waals surface area contributed by atoms with Crippen molar-refractivity contribution >= 4 is 0 Å². The van der Waals surface area contributed by atoms with Crippen molar-refractivity contribution in [3.05, 3.63) is 35.9 Å². The van der Waals surface area contributed by atoms with Crippen molar-refractivity contribution in [2.45, 2.75) is 72.0 Å². The minimum absolute atomic E-state index is 0.00373. The molecule has 0 saturated heterocycles. The van der Waals surface area contributed by atoms with E-state index < -0.39 is 6.10 Å². The Kier molecular flexibility index (Phi) is 11.3. The summed E-state index contributed by atoms with van der Waals surface area (Å²) in [5, 5.41) is 10.4. The van der Waals surface area contributed by atoms with Gasteiger partial charge in [0.1, 0.15) is 0 Å². The molecule has 3 atom stereocenters. The molecule has 0 bridgehead atoms. The molecule has 0 spiro atoms. The fraction of sp³-hybridized carbons (Fsp3) is 0.636. The molecule has 1 aromatic rings. The number of rotatable bonds is 11. The van der Waals surface area contributed by atoms with Crippen LogP contribution in [0.15, 0.2) is 30.3 Å². The van der Waals surface area contributed by atoms with E-state index in [0.717, 1.165) is 12.0 Å². The van der Waals surface area contributed by atoms with Gasteiger partial charge in [-0.3, -0.25) is 0 Å². The van der Waals surface area contributed by atoms with E-state index in [0.29, 0.717) is 13.2 Å². The average molecular weight is 331 g/mol. The van der Waals surface area contributed by atoms with Gasteiger partial charge in [0.25, 0.3) is 0 Å². The van der Waals surface area contributed by atoms with Crippen molar-refractivity contribution in [1.29, 1.82) is 0 Å². The molecule has 0 radical (unpaired) electrons. The normalized spacial score (nSPS) is 14.5. The number of unbranched alkanes of at least 4 members (excludes halogenated alkanes) is 5. The minimum atomic E-state index is -0.437. The highest BCUT2D eigenvalue weighted by molar-refractivity contribution is 5.13. The summed E-state index contributed by atoms with van der Waals surface area (Å²) in [4.78, 5) is 0. The minimum Gasteiger partial charge on any atom is -0.391 e. The molecule has 1 N–H and O–H groups in total. The van der Waals surface area contributed by atoms with Crippen LogP contribution in [0.3, 0.4) is 0 Å². The van der Waals surface area contributed by atoms with Gasteiger partial charge in [0.05, 0.1) is 19.3 Å². The van der Waals surface area contributed by atoms with Gasteiger partial charge in [-0.1, -0.05) is 75.8 Å². The van der Waals surface area contributed by atoms with Gasteiger partial charge in [-0.05, 0) is 18.9 Å². The first-order valence-electron chi connectivity index (χ1n) is 9.43. The molecular formula is C22H34O2. The summed E-state index contributed by atoms with van der Waals surface area (Å²) in [6, 6.07) is 10.1. The molecule has 0 aliphatic heterocycles. The lowest BCUT2D eigenvalue weighted by molar-refractivity contribution is 0.0150. The van der Waals surface area contributed by atoms with Crippen LogP contribution in [-0.2, 0) is 11.3 Å². The fourth-order valence-corrected chi connectivity index (χ4v) is 2.66. The highest BCUT2D eigenvalue weighted by Gasteiger charge is 2.19. The maximum atomic E-state index is 10.4. The third-order valence-electron chi connectivity index (χ3n) is 4.32. The van der Waals surface area contributed by atoms with E-state index in [-0.39, 0.29) is 11.8 Å². The maximum absolute atomic E-state index is 10.4. The predicted molar refractivity (Wildman–Crippen MR) is 102 cm³/mol. The molecule has 0 aliphatic carbocycles. The number of benzene rings is 1. The van der Waals surface area contributed by atoms with E-state index in [9.17, 15) is 5.11 Å². The second-order valence-electron chi connectivity index (χ2n) is 6.74. The Morgan fingerprint density at radius 1 is 1.04 bits per heavy atom. The molecule has 0 unspecified atom stereocenters. The second-order valence-corrected chi connectivity index (χ2v) is 6.74. The van der Waals surface area contributed by atoms with E-state index >= 15 is 0 Å². The van der Waals surface area contributed by atoms with Crippen LogP contribution in [0.4, 0.5) is 0 Å². The van der Waals surface area contributed by atoms with Crippen LogP contribution < -0.4 is 0 Å². The summed E-state index contributed by atoms with van der Waals surface area (Å²) in [6.45, 7) is 7.41. The molecule has 0 fully saturated rings. The highest BCUT2D eigenvalue weighted by atomic mass is 16.5. The van der Waals surface area contributed by atoms with E-state index in [1.54, 1.807) is 0 Å². The molecular weight excluding hydrogens is 296 g/mol. The Labute approximate surface area is 148 Å². The van der Waals surface area contributed by atoms with E-state index in [1.807, 2.05) is 32.0 Å². The standard InChI is InChI=1S/C22H34O2/c1-4-5-6-7-8-9-11-14-19(2)22(23)20(3)17-24-18-21-15-12-10-13-16-21/h10,12-13,15-16,19-20,22-23H,4-9,17-18H2,1-3H3/t19-,20+,22-/m1/s1. The largest absolute Gasteiger partial charge is 0.391 e. The van der Waals surface area contributed by atoms with Gasteiger partial charge in [-0.25, -0.2) is 0 Å². The first-order valence-corrected chi connectivity index (χ1v) is 9.43. The number of aliphatic hydroxyl groups is 1. The molecule has 0 amide bonds. The van der Waals surface area contributed by atoms with Crippen molar-refractivity contribution in [2.75, 3.05) is 6.61 Å².